The summed E-state index contributed by atoms with van der Waals surface area (Å²) in [5.74, 6) is 1.47. The SMILES string of the molecule is CC1CCC(NC[C@H](O)CO)C1C. The highest BCUT2D eigenvalue weighted by atomic mass is 16.3. The molecule has 1 saturated carbocycles. The monoisotopic (exact) mass is 187 g/mol. The Hall–Kier alpha value is -0.120. The fraction of sp³-hybridized carbons (Fsp3) is 1.00. The molecule has 78 valence electrons. The molecule has 13 heavy (non-hydrogen) atoms. The van der Waals surface area contributed by atoms with E-state index in [4.69, 9.17) is 10.2 Å². The second kappa shape index (κ2) is 4.94. The Balaban J connectivity index is 2.22. The third kappa shape index (κ3) is 2.93. The molecule has 0 spiro atoms. The molecule has 4 atom stereocenters. The molecule has 0 aromatic carbocycles. The van der Waals surface area contributed by atoms with Crippen LogP contribution in [0.4, 0.5) is 0 Å². The van der Waals surface area contributed by atoms with Crippen molar-refractivity contribution in [3.8, 4) is 0 Å². The highest BCUT2D eigenvalue weighted by molar-refractivity contribution is 4.85. The van der Waals surface area contributed by atoms with Gasteiger partial charge in [0.15, 0.2) is 0 Å². The van der Waals surface area contributed by atoms with Crippen LogP contribution in [0.1, 0.15) is 26.7 Å². The number of hydrogen-bond acceptors (Lipinski definition) is 3. The molecule has 3 unspecified atom stereocenters. The second-order valence-electron chi connectivity index (χ2n) is 4.26. The Morgan fingerprint density at radius 2 is 2.08 bits per heavy atom. The Kier molecular flexibility index (Phi) is 4.16. The van der Waals surface area contributed by atoms with Crippen molar-refractivity contribution in [2.24, 2.45) is 11.8 Å². The fourth-order valence-corrected chi connectivity index (χ4v) is 2.00. The minimum Gasteiger partial charge on any atom is -0.394 e. The quantitative estimate of drug-likeness (QED) is 0.596. The Morgan fingerprint density at radius 1 is 1.38 bits per heavy atom. The zero-order valence-corrected chi connectivity index (χ0v) is 8.53. The molecular formula is C10H21NO2. The first-order valence-electron chi connectivity index (χ1n) is 5.17. The maximum Gasteiger partial charge on any atom is 0.0895 e. The lowest BCUT2D eigenvalue weighted by atomic mass is 9.98. The molecule has 0 heterocycles. The molecular weight excluding hydrogens is 166 g/mol. The standard InChI is InChI=1S/C10H21NO2/c1-7-3-4-10(8(7)2)11-5-9(13)6-12/h7-13H,3-6H2,1-2H3/t7?,8?,9-,10?/m0/s1. The lowest BCUT2D eigenvalue weighted by Crippen LogP contribution is -2.38. The van der Waals surface area contributed by atoms with Crippen molar-refractivity contribution in [3.05, 3.63) is 0 Å². The average Bonchev–Trinajstić information content (AvgIpc) is 2.44. The van der Waals surface area contributed by atoms with Gasteiger partial charge in [-0.05, 0) is 24.7 Å². The van der Waals surface area contributed by atoms with E-state index in [1.54, 1.807) is 0 Å². The van der Waals surface area contributed by atoms with Crippen LogP contribution in [0.25, 0.3) is 0 Å². The maximum absolute atomic E-state index is 9.16. The highest BCUT2D eigenvalue weighted by Gasteiger charge is 2.29. The minimum absolute atomic E-state index is 0.149. The van der Waals surface area contributed by atoms with Crippen molar-refractivity contribution in [1.82, 2.24) is 5.32 Å². The van der Waals surface area contributed by atoms with Crippen LogP contribution in [-0.2, 0) is 0 Å². The van der Waals surface area contributed by atoms with Crippen LogP contribution in [-0.4, -0.2) is 35.5 Å². The molecule has 0 aromatic heterocycles. The molecule has 1 aliphatic rings. The first-order valence-corrected chi connectivity index (χ1v) is 5.17. The van der Waals surface area contributed by atoms with Gasteiger partial charge >= 0.3 is 0 Å². The van der Waals surface area contributed by atoms with Gasteiger partial charge in [-0.15, -0.1) is 0 Å². The molecule has 0 saturated heterocycles. The van der Waals surface area contributed by atoms with Gasteiger partial charge < -0.3 is 15.5 Å². The normalized spacial score (nSPS) is 36.5. The molecule has 3 heteroatoms. The van der Waals surface area contributed by atoms with Gasteiger partial charge in [-0.2, -0.15) is 0 Å². The van der Waals surface area contributed by atoms with E-state index >= 15 is 0 Å². The van der Waals surface area contributed by atoms with Gasteiger partial charge in [0.05, 0.1) is 12.7 Å². The highest BCUT2D eigenvalue weighted by Crippen LogP contribution is 2.30. The van der Waals surface area contributed by atoms with Crippen molar-refractivity contribution in [3.63, 3.8) is 0 Å². The van der Waals surface area contributed by atoms with Crippen molar-refractivity contribution in [2.75, 3.05) is 13.2 Å². The Bertz CT molecular complexity index is 152. The van der Waals surface area contributed by atoms with E-state index in [0.717, 1.165) is 5.92 Å². The summed E-state index contributed by atoms with van der Waals surface area (Å²) in [5, 5.41) is 21.1. The zero-order chi connectivity index (χ0) is 9.84. The maximum atomic E-state index is 9.16. The summed E-state index contributed by atoms with van der Waals surface area (Å²) < 4.78 is 0. The molecule has 0 radical (unpaired) electrons. The van der Waals surface area contributed by atoms with Gasteiger partial charge in [0, 0.05) is 12.6 Å². The van der Waals surface area contributed by atoms with Gasteiger partial charge in [0.1, 0.15) is 0 Å². The topological polar surface area (TPSA) is 52.5 Å². The Labute approximate surface area is 80.2 Å². The smallest absolute Gasteiger partial charge is 0.0895 e. The van der Waals surface area contributed by atoms with E-state index in [1.807, 2.05) is 0 Å². The zero-order valence-electron chi connectivity index (χ0n) is 8.53. The molecule has 0 aromatic rings. The van der Waals surface area contributed by atoms with Crippen molar-refractivity contribution in [1.29, 1.82) is 0 Å². The van der Waals surface area contributed by atoms with Crippen LogP contribution in [0, 0.1) is 11.8 Å². The van der Waals surface area contributed by atoms with E-state index in [0.29, 0.717) is 18.5 Å². The summed E-state index contributed by atoms with van der Waals surface area (Å²) in [6.45, 7) is 4.89. The second-order valence-corrected chi connectivity index (χ2v) is 4.26. The van der Waals surface area contributed by atoms with Crippen molar-refractivity contribution < 1.29 is 10.2 Å². The van der Waals surface area contributed by atoms with Crippen molar-refractivity contribution >= 4 is 0 Å². The lowest BCUT2D eigenvalue weighted by molar-refractivity contribution is 0.0903. The molecule has 0 amide bonds. The van der Waals surface area contributed by atoms with E-state index < -0.39 is 6.10 Å². The predicted octanol–water partition coefficient (Wildman–Crippen LogP) is 0.364. The van der Waals surface area contributed by atoms with Gasteiger partial charge in [0.2, 0.25) is 0 Å². The molecule has 0 bridgehead atoms. The van der Waals surface area contributed by atoms with E-state index in [9.17, 15) is 0 Å². The number of nitrogens with one attached hydrogen (secondary N) is 1. The van der Waals surface area contributed by atoms with E-state index in [2.05, 4.69) is 19.2 Å². The largest absolute Gasteiger partial charge is 0.394 e. The summed E-state index contributed by atoms with van der Waals surface area (Å²) in [4.78, 5) is 0. The van der Waals surface area contributed by atoms with Crippen LogP contribution in [0.5, 0.6) is 0 Å². The van der Waals surface area contributed by atoms with Crippen LogP contribution in [0.3, 0.4) is 0 Å². The van der Waals surface area contributed by atoms with E-state index in [-0.39, 0.29) is 6.61 Å². The summed E-state index contributed by atoms with van der Waals surface area (Å²) >= 11 is 0. The summed E-state index contributed by atoms with van der Waals surface area (Å²) in [6.07, 6.45) is 1.86. The van der Waals surface area contributed by atoms with Gasteiger partial charge in [-0.3, -0.25) is 0 Å². The fourth-order valence-electron chi connectivity index (χ4n) is 2.00. The summed E-state index contributed by atoms with van der Waals surface area (Å²) in [7, 11) is 0. The molecule has 3 nitrogen and oxygen atoms in total. The van der Waals surface area contributed by atoms with Crippen molar-refractivity contribution in [2.45, 2.75) is 38.8 Å². The Morgan fingerprint density at radius 3 is 2.54 bits per heavy atom. The third-order valence-corrected chi connectivity index (χ3v) is 3.29. The average molecular weight is 187 g/mol. The lowest BCUT2D eigenvalue weighted by Gasteiger charge is -2.20. The number of aliphatic hydroxyl groups excluding tert-OH is 2. The number of rotatable bonds is 4. The van der Waals surface area contributed by atoms with Crippen LogP contribution in [0.2, 0.25) is 0 Å². The molecule has 3 N–H and O–H groups in total. The third-order valence-electron chi connectivity index (χ3n) is 3.29. The van der Waals surface area contributed by atoms with Gasteiger partial charge in [0.25, 0.3) is 0 Å². The molecule has 1 rings (SSSR count). The minimum atomic E-state index is -0.608. The van der Waals surface area contributed by atoms with Gasteiger partial charge in [-0.25, -0.2) is 0 Å². The first kappa shape index (κ1) is 11.0. The first-order chi connectivity index (χ1) is 6.15. The van der Waals surface area contributed by atoms with Crippen LogP contribution >= 0.6 is 0 Å². The number of aliphatic hydroxyl groups is 2. The molecule has 0 aliphatic heterocycles. The predicted molar refractivity (Wildman–Crippen MR) is 52.4 cm³/mol. The van der Waals surface area contributed by atoms with Gasteiger partial charge in [-0.1, -0.05) is 13.8 Å². The summed E-state index contributed by atoms with van der Waals surface area (Å²) in [5.41, 5.74) is 0. The molecule has 1 aliphatic carbocycles. The van der Waals surface area contributed by atoms with Crippen LogP contribution < -0.4 is 5.32 Å². The van der Waals surface area contributed by atoms with E-state index in [1.165, 1.54) is 12.8 Å². The number of hydrogen-bond donors (Lipinski definition) is 3. The molecule has 1 fully saturated rings. The van der Waals surface area contributed by atoms with Crippen LogP contribution in [0.15, 0.2) is 0 Å². The summed E-state index contributed by atoms with van der Waals surface area (Å²) in [6, 6.07) is 0.524.